The zero-order valence-electron chi connectivity index (χ0n) is 19.6. The molecule has 1 aromatic heterocycles. The molecule has 1 aliphatic heterocycles. The standard InChI is InChI=1S/C22H25NO11S/c1-9-14(6-7-15-20(9)35-22(28)34-15)32-21-17(23-10(2)24)19(31-13(5)27)18(30-12(4)26)16(33-21)8-29-11(3)25/h6-7,16-19,21H,8H2,1-5H3,(H,23,24)/t16-,17+,18+,19-,21-/m1/s1. The SMILES string of the molecule is CC(=O)N[C@@H]1[C@H](Oc2ccc3oc(=O)sc3c2C)O[C@H](COC(C)=O)[C@H](OC(C)=O)[C@@H]1OC(C)=O. The van der Waals surface area contributed by atoms with Gasteiger partial charge in [0.25, 0.3) is 0 Å². The average Bonchev–Trinajstić information content (AvgIpc) is 3.13. The third kappa shape index (κ3) is 6.36. The van der Waals surface area contributed by atoms with E-state index in [1.807, 2.05) is 0 Å². The first kappa shape index (κ1) is 26.2. The predicted octanol–water partition coefficient (Wildman–Crippen LogP) is 1.20. The lowest BCUT2D eigenvalue weighted by molar-refractivity contribution is -0.257. The average molecular weight is 512 g/mol. The summed E-state index contributed by atoms with van der Waals surface area (Å²) in [6, 6.07) is 1.99. The molecule has 1 fully saturated rings. The fourth-order valence-corrected chi connectivity index (χ4v) is 4.46. The molecule has 0 aliphatic carbocycles. The van der Waals surface area contributed by atoms with E-state index in [1.54, 1.807) is 19.1 Å². The first-order chi connectivity index (χ1) is 16.5. The number of amides is 1. The Labute approximate surface area is 203 Å². The van der Waals surface area contributed by atoms with Crippen molar-refractivity contribution in [1.82, 2.24) is 5.32 Å². The van der Waals surface area contributed by atoms with Crippen LogP contribution in [0.3, 0.4) is 0 Å². The summed E-state index contributed by atoms with van der Waals surface area (Å²) in [6.45, 7) is 6.10. The molecule has 13 heteroatoms. The Bertz CT molecular complexity index is 1190. The highest BCUT2D eigenvalue weighted by Crippen LogP contribution is 2.33. The lowest BCUT2D eigenvalue weighted by Gasteiger charge is -2.44. The molecule has 1 saturated heterocycles. The van der Waals surface area contributed by atoms with Crippen molar-refractivity contribution in [3.05, 3.63) is 27.4 Å². The largest absolute Gasteiger partial charge is 0.463 e. The van der Waals surface area contributed by atoms with Gasteiger partial charge in [0.2, 0.25) is 12.2 Å². The van der Waals surface area contributed by atoms with Crippen molar-refractivity contribution in [3.8, 4) is 5.75 Å². The highest BCUT2D eigenvalue weighted by Gasteiger charge is 2.52. The van der Waals surface area contributed by atoms with E-state index in [0.29, 0.717) is 21.6 Å². The molecule has 5 atom stereocenters. The van der Waals surface area contributed by atoms with Crippen molar-refractivity contribution < 1.29 is 47.3 Å². The van der Waals surface area contributed by atoms with Gasteiger partial charge in [-0.1, -0.05) is 11.3 Å². The minimum Gasteiger partial charge on any atom is -0.463 e. The zero-order valence-corrected chi connectivity index (χ0v) is 20.5. The number of carbonyl (C=O) groups is 4. The van der Waals surface area contributed by atoms with Gasteiger partial charge >= 0.3 is 22.8 Å². The van der Waals surface area contributed by atoms with Gasteiger partial charge in [0.05, 0.1) is 4.70 Å². The molecule has 3 rings (SSSR count). The molecule has 1 aliphatic rings. The van der Waals surface area contributed by atoms with Crippen molar-refractivity contribution in [2.75, 3.05) is 6.61 Å². The van der Waals surface area contributed by atoms with Crippen molar-refractivity contribution >= 4 is 45.4 Å². The van der Waals surface area contributed by atoms with Crippen LogP contribution in [0.5, 0.6) is 5.75 Å². The number of fused-ring (bicyclic) bond motifs is 1. The maximum atomic E-state index is 12.0. The number of aryl methyl sites for hydroxylation is 1. The summed E-state index contributed by atoms with van der Waals surface area (Å²) < 4.78 is 33.6. The Morgan fingerprint density at radius 1 is 1.00 bits per heavy atom. The quantitative estimate of drug-likeness (QED) is 0.421. The number of nitrogens with one attached hydrogen (secondary N) is 1. The van der Waals surface area contributed by atoms with Crippen molar-refractivity contribution in [1.29, 1.82) is 0 Å². The fourth-order valence-electron chi connectivity index (χ4n) is 3.69. The molecule has 190 valence electrons. The van der Waals surface area contributed by atoms with Crippen LogP contribution in [-0.4, -0.2) is 61.1 Å². The van der Waals surface area contributed by atoms with Crippen LogP contribution in [0.15, 0.2) is 21.3 Å². The van der Waals surface area contributed by atoms with Gasteiger partial charge < -0.3 is 33.4 Å². The lowest BCUT2D eigenvalue weighted by Crippen LogP contribution is -2.67. The second-order valence-electron chi connectivity index (χ2n) is 7.81. The number of esters is 3. The Morgan fingerprint density at radius 3 is 2.26 bits per heavy atom. The van der Waals surface area contributed by atoms with E-state index < -0.39 is 59.4 Å². The van der Waals surface area contributed by atoms with E-state index in [2.05, 4.69) is 5.32 Å². The molecule has 1 aromatic carbocycles. The van der Waals surface area contributed by atoms with E-state index in [0.717, 1.165) is 25.2 Å². The number of benzene rings is 1. The van der Waals surface area contributed by atoms with Gasteiger partial charge in [0.1, 0.15) is 30.1 Å². The Hall–Kier alpha value is -3.45. The summed E-state index contributed by atoms with van der Waals surface area (Å²) in [7, 11) is 0. The van der Waals surface area contributed by atoms with Crippen LogP contribution in [0.2, 0.25) is 0 Å². The first-order valence-electron chi connectivity index (χ1n) is 10.6. The van der Waals surface area contributed by atoms with E-state index in [4.69, 9.17) is 28.1 Å². The number of rotatable bonds is 7. The van der Waals surface area contributed by atoms with Gasteiger partial charge in [0.15, 0.2) is 12.2 Å². The molecular weight excluding hydrogens is 486 g/mol. The van der Waals surface area contributed by atoms with Gasteiger partial charge in [-0.25, -0.2) is 4.79 Å². The summed E-state index contributed by atoms with van der Waals surface area (Å²) >= 11 is 0.897. The van der Waals surface area contributed by atoms with Crippen molar-refractivity contribution in [2.24, 2.45) is 0 Å². The van der Waals surface area contributed by atoms with Crippen LogP contribution < -0.4 is 15.0 Å². The molecular formula is C22H25NO11S. The summed E-state index contributed by atoms with van der Waals surface area (Å²) in [5.74, 6) is -2.23. The first-order valence-corrected chi connectivity index (χ1v) is 11.4. The third-order valence-corrected chi connectivity index (χ3v) is 5.97. The molecule has 35 heavy (non-hydrogen) atoms. The number of hydrogen-bond acceptors (Lipinski definition) is 12. The van der Waals surface area contributed by atoms with Gasteiger partial charge in [-0.2, -0.15) is 0 Å². The normalized spacial score (nSPS) is 23.9. The van der Waals surface area contributed by atoms with E-state index in [1.165, 1.54) is 13.8 Å². The number of ether oxygens (including phenoxy) is 5. The minimum absolute atomic E-state index is 0.300. The molecule has 1 amide bonds. The second-order valence-corrected chi connectivity index (χ2v) is 8.75. The smallest absolute Gasteiger partial charge is 0.396 e. The maximum absolute atomic E-state index is 12.0. The van der Waals surface area contributed by atoms with Crippen LogP contribution in [0, 0.1) is 6.92 Å². The monoisotopic (exact) mass is 511 g/mol. The molecule has 1 N–H and O–H groups in total. The van der Waals surface area contributed by atoms with E-state index >= 15 is 0 Å². The van der Waals surface area contributed by atoms with Gasteiger partial charge in [-0.15, -0.1) is 0 Å². The highest BCUT2D eigenvalue weighted by molar-refractivity contribution is 7.16. The number of carbonyl (C=O) groups excluding carboxylic acids is 4. The summed E-state index contributed by atoms with van der Waals surface area (Å²) in [5, 5.41) is 2.63. The predicted molar refractivity (Wildman–Crippen MR) is 120 cm³/mol. The topological polar surface area (TPSA) is 157 Å². The minimum atomic E-state index is -1.27. The van der Waals surface area contributed by atoms with Crippen LogP contribution in [0.25, 0.3) is 10.3 Å². The molecule has 2 heterocycles. The van der Waals surface area contributed by atoms with Gasteiger partial charge in [-0.3, -0.25) is 19.2 Å². The Kier molecular flexibility index (Phi) is 8.12. The summed E-state index contributed by atoms with van der Waals surface area (Å²) in [4.78, 5) is 58.4. The molecule has 0 unspecified atom stereocenters. The summed E-state index contributed by atoms with van der Waals surface area (Å²) in [6.07, 6.45) is -4.84. The maximum Gasteiger partial charge on any atom is 0.396 e. The molecule has 0 spiro atoms. The summed E-state index contributed by atoms with van der Waals surface area (Å²) in [5.41, 5.74) is 0.958. The molecule has 0 saturated carbocycles. The van der Waals surface area contributed by atoms with Crippen LogP contribution in [-0.2, 0) is 38.1 Å². The Morgan fingerprint density at radius 2 is 1.66 bits per heavy atom. The zero-order chi connectivity index (χ0) is 25.9. The molecule has 2 aromatic rings. The highest BCUT2D eigenvalue weighted by atomic mass is 32.1. The lowest BCUT2D eigenvalue weighted by atomic mass is 9.96. The number of hydrogen-bond donors (Lipinski definition) is 1. The Balaban J connectivity index is 2.03. The van der Waals surface area contributed by atoms with Crippen molar-refractivity contribution in [2.45, 2.75) is 65.3 Å². The van der Waals surface area contributed by atoms with Crippen molar-refractivity contribution in [3.63, 3.8) is 0 Å². The molecule has 0 bridgehead atoms. The van der Waals surface area contributed by atoms with Gasteiger partial charge in [0, 0.05) is 33.3 Å². The van der Waals surface area contributed by atoms with Crippen LogP contribution >= 0.6 is 11.3 Å². The second kappa shape index (κ2) is 10.9. The molecule has 0 radical (unpaired) electrons. The molecule has 12 nitrogen and oxygen atoms in total. The van der Waals surface area contributed by atoms with Crippen LogP contribution in [0.1, 0.15) is 33.3 Å². The van der Waals surface area contributed by atoms with Crippen LogP contribution in [0.4, 0.5) is 0 Å². The fraction of sp³-hybridized carbons (Fsp3) is 0.500. The third-order valence-electron chi connectivity index (χ3n) is 5.01. The van der Waals surface area contributed by atoms with E-state index in [9.17, 15) is 24.0 Å². The van der Waals surface area contributed by atoms with E-state index in [-0.39, 0.29) is 6.61 Å². The van der Waals surface area contributed by atoms with Gasteiger partial charge in [-0.05, 0) is 19.1 Å².